The summed E-state index contributed by atoms with van der Waals surface area (Å²) in [5.74, 6) is 1.69. The molecule has 0 atom stereocenters. The minimum Gasteiger partial charge on any atom is -0.497 e. The standard InChI is InChI=1S/C18H16N6O2/c1-25-12-7-8-15(26-2)11(9-12)10-19-23-18-21-17-16(22-24-18)13-5-3-4-6-14(13)20-17/h3-10H,1-2H3,(H2,20,21,23,24)/b19-10+. The molecule has 4 aromatic rings. The summed E-state index contributed by atoms with van der Waals surface area (Å²) in [7, 11) is 3.21. The fourth-order valence-electron chi connectivity index (χ4n) is 2.67. The highest BCUT2D eigenvalue weighted by molar-refractivity contribution is 6.03. The van der Waals surface area contributed by atoms with Crippen LogP contribution in [0.5, 0.6) is 11.5 Å². The van der Waals surface area contributed by atoms with Crippen molar-refractivity contribution in [2.75, 3.05) is 19.6 Å². The normalized spacial score (nSPS) is 11.3. The topological polar surface area (TPSA) is 97.3 Å². The van der Waals surface area contributed by atoms with Gasteiger partial charge in [0, 0.05) is 16.5 Å². The van der Waals surface area contributed by atoms with Gasteiger partial charge in [-0.2, -0.15) is 10.1 Å². The van der Waals surface area contributed by atoms with Gasteiger partial charge >= 0.3 is 0 Å². The number of hydrazone groups is 1. The van der Waals surface area contributed by atoms with Crippen LogP contribution in [0, 0.1) is 0 Å². The Morgan fingerprint density at radius 1 is 1.08 bits per heavy atom. The lowest BCUT2D eigenvalue weighted by Gasteiger charge is -2.06. The van der Waals surface area contributed by atoms with Crippen molar-refractivity contribution < 1.29 is 9.47 Å². The van der Waals surface area contributed by atoms with Crippen molar-refractivity contribution in [2.45, 2.75) is 0 Å². The smallest absolute Gasteiger partial charge is 0.265 e. The second-order valence-corrected chi connectivity index (χ2v) is 5.48. The van der Waals surface area contributed by atoms with E-state index in [-0.39, 0.29) is 0 Å². The molecule has 130 valence electrons. The molecule has 0 saturated heterocycles. The third kappa shape index (κ3) is 2.88. The zero-order valence-corrected chi connectivity index (χ0v) is 14.2. The van der Waals surface area contributed by atoms with Crippen LogP contribution < -0.4 is 14.9 Å². The van der Waals surface area contributed by atoms with Gasteiger partial charge in [0.15, 0.2) is 5.65 Å². The number of methoxy groups -OCH3 is 2. The van der Waals surface area contributed by atoms with Gasteiger partial charge in [-0.25, -0.2) is 5.43 Å². The third-order valence-corrected chi connectivity index (χ3v) is 3.93. The zero-order valence-electron chi connectivity index (χ0n) is 14.2. The molecule has 2 heterocycles. The lowest BCUT2D eigenvalue weighted by Crippen LogP contribution is -2.00. The van der Waals surface area contributed by atoms with Gasteiger partial charge in [-0.3, -0.25) is 0 Å². The highest BCUT2D eigenvalue weighted by Crippen LogP contribution is 2.23. The molecule has 0 unspecified atom stereocenters. The number of hydrogen-bond acceptors (Lipinski definition) is 7. The van der Waals surface area contributed by atoms with Crippen molar-refractivity contribution in [3.8, 4) is 11.5 Å². The van der Waals surface area contributed by atoms with Crippen molar-refractivity contribution in [3.05, 3.63) is 48.0 Å². The predicted molar refractivity (Wildman–Crippen MR) is 100.0 cm³/mol. The summed E-state index contributed by atoms with van der Waals surface area (Å²) < 4.78 is 10.5. The van der Waals surface area contributed by atoms with Crippen LogP contribution in [0.15, 0.2) is 47.6 Å². The monoisotopic (exact) mass is 348 g/mol. The summed E-state index contributed by atoms with van der Waals surface area (Å²) in [6.45, 7) is 0. The molecular weight excluding hydrogens is 332 g/mol. The molecule has 2 aromatic heterocycles. The number of benzene rings is 2. The van der Waals surface area contributed by atoms with Gasteiger partial charge in [0.05, 0.1) is 20.4 Å². The summed E-state index contributed by atoms with van der Waals surface area (Å²) in [5.41, 5.74) is 5.89. The summed E-state index contributed by atoms with van der Waals surface area (Å²) >= 11 is 0. The minimum absolute atomic E-state index is 0.294. The first-order valence-corrected chi connectivity index (χ1v) is 7.91. The van der Waals surface area contributed by atoms with Crippen molar-refractivity contribution >= 4 is 34.2 Å². The van der Waals surface area contributed by atoms with Crippen molar-refractivity contribution in [3.63, 3.8) is 0 Å². The largest absolute Gasteiger partial charge is 0.497 e. The van der Waals surface area contributed by atoms with E-state index in [0.717, 1.165) is 22.0 Å². The van der Waals surface area contributed by atoms with E-state index in [1.807, 2.05) is 42.5 Å². The molecule has 0 aliphatic rings. The first-order valence-electron chi connectivity index (χ1n) is 7.91. The Bertz CT molecular complexity index is 1110. The van der Waals surface area contributed by atoms with Crippen molar-refractivity contribution in [2.24, 2.45) is 5.10 Å². The fourth-order valence-corrected chi connectivity index (χ4v) is 2.67. The Balaban J connectivity index is 1.59. The Morgan fingerprint density at radius 3 is 2.81 bits per heavy atom. The molecule has 2 N–H and O–H groups in total. The van der Waals surface area contributed by atoms with Crippen molar-refractivity contribution in [1.82, 2.24) is 20.2 Å². The van der Waals surface area contributed by atoms with Crippen LogP contribution in [0.3, 0.4) is 0 Å². The number of anilines is 1. The number of aromatic amines is 1. The Morgan fingerprint density at radius 2 is 1.96 bits per heavy atom. The molecule has 0 fully saturated rings. The SMILES string of the molecule is COc1ccc(OC)c(/C=N/Nc2nnc3c(n2)[nH]c2ccccc23)c1. The van der Waals surface area contributed by atoms with Gasteiger partial charge in [0.1, 0.15) is 17.0 Å². The van der Waals surface area contributed by atoms with Crippen molar-refractivity contribution in [1.29, 1.82) is 0 Å². The number of nitrogens with one attached hydrogen (secondary N) is 2. The van der Waals surface area contributed by atoms with Gasteiger partial charge in [-0.15, -0.1) is 10.2 Å². The maximum atomic E-state index is 5.32. The quantitative estimate of drug-likeness (QED) is 0.425. The second kappa shape index (κ2) is 6.67. The number of nitrogens with zero attached hydrogens (tertiary/aromatic N) is 4. The van der Waals surface area contributed by atoms with Crippen LogP contribution in [0.25, 0.3) is 22.1 Å². The molecule has 0 amide bonds. The Kier molecular flexibility index (Phi) is 4.06. The molecule has 4 rings (SSSR count). The van der Waals surface area contributed by atoms with Gasteiger partial charge in [-0.05, 0) is 24.3 Å². The lowest BCUT2D eigenvalue weighted by atomic mass is 10.2. The molecule has 26 heavy (non-hydrogen) atoms. The Hall–Kier alpha value is -3.68. The van der Waals surface area contributed by atoms with Gasteiger partial charge in [-0.1, -0.05) is 18.2 Å². The van der Waals surface area contributed by atoms with Gasteiger partial charge < -0.3 is 14.5 Å². The molecule has 0 spiro atoms. The molecule has 0 bridgehead atoms. The summed E-state index contributed by atoms with van der Waals surface area (Å²) in [5, 5.41) is 13.5. The van der Waals surface area contributed by atoms with E-state index >= 15 is 0 Å². The summed E-state index contributed by atoms with van der Waals surface area (Å²) in [6.07, 6.45) is 1.61. The fraction of sp³-hybridized carbons (Fsp3) is 0.111. The highest BCUT2D eigenvalue weighted by atomic mass is 16.5. The maximum absolute atomic E-state index is 5.32. The number of hydrogen-bond donors (Lipinski definition) is 2. The molecule has 2 aromatic carbocycles. The van der Waals surface area contributed by atoms with E-state index in [1.165, 1.54) is 0 Å². The van der Waals surface area contributed by atoms with Crippen LogP contribution >= 0.6 is 0 Å². The number of fused-ring (bicyclic) bond motifs is 3. The zero-order chi connectivity index (χ0) is 17.9. The third-order valence-electron chi connectivity index (χ3n) is 3.93. The molecule has 0 radical (unpaired) electrons. The number of H-pyrrole nitrogens is 1. The first-order chi connectivity index (χ1) is 12.8. The number of rotatable bonds is 5. The van der Waals surface area contributed by atoms with E-state index in [2.05, 4.69) is 30.7 Å². The number of aromatic nitrogens is 4. The van der Waals surface area contributed by atoms with Crippen LogP contribution in [0.2, 0.25) is 0 Å². The number of ether oxygens (including phenoxy) is 2. The van der Waals surface area contributed by atoms with Crippen LogP contribution in [-0.4, -0.2) is 40.6 Å². The van der Waals surface area contributed by atoms with Gasteiger partial charge in [0.2, 0.25) is 0 Å². The molecular formula is C18H16N6O2. The second-order valence-electron chi connectivity index (χ2n) is 5.48. The first kappa shape index (κ1) is 15.8. The average Bonchev–Trinajstić information content (AvgIpc) is 3.05. The van der Waals surface area contributed by atoms with Gasteiger partial charge in [0.25, 0.3) is 5.95 Å². The van der Waals surface area contributed by atoms with E-state index in [9.17, 15) is 0 Å². The Labute approximate surface area is 148 Å². The molecule has 8 nitrogen and oxygen atoms in total. The average molecular weight is 348 g/mol. The molecule has 8 heteroatoms. The minimum atomic E-state index is 0.294. The van der Waals surface area contributed by atoms with E-state index in [4.69, 9.17) is 9.47 Å². The summed E-state index contributed by atoms with van der Waals surface area (Å²) in [4.78, 5) is 7.63. The van der Waals surface area contributed by atoms with E-state index in [0.29, 0.717) is 23.1 Å². The van der Waals surface area contributed by atoms with E-state index < -0.39 is 0 Å². The predicted octanol–water partition coefficient (Wildman–Crippen LogP) is 2.97. The highest BCUT2D eigenvalue weighted by Gasteiger charge is 2.08. The van der Waals surface area contributed by atoms with Crippen LogP contribution in [0.4, 0.5) is 5.95 Å². The lowest BCUT2D eigenvalue weighted by molar-refractivity contribution is 0.402. The maximum Gasteiger partial charge on any atom is 0.265 e. The molecule has 0 saturated carbocycles. The molecule has 0 aliphatic heterocycles. The van der Waals surface area contributed by atoms with Crippen LogP contribution in [0.1, 0.15) is 5.56 Å². The molecule has 0 aliphatic carbocycles. The number of para-hydroxylation sites is 1. The van der Waals surface area contributed by atoms with E-state index in [1.54, 1.807) is 20.4 Å². The summed E-state index contributed by atoms with van der Waals surface area (Å²) in [6, 6.07) is 13.3. The van der Waals surface area contributed by atoms with Crippen LogP contribution in [-0.2, 0) is 0 Å².